The van der Waals surface area contributed by atoms with E-state index in [0.29, 0.717) is 6.54 Å². The fourth-order valence-electron chi connectivity index (χ4n) is 1.91. The number of amides is 2. The van der Waals surface area contributed by atoms with Gasteiger partial charge in [0.05, 0.1) is 6.61 Å². The largest absolute Gasteiger partial charge is 0.392 e. The van der Waals surface area contributed by atoms with Gasteiger partial charge in [0.25, 0.3) is 0 Å². The molecule has 5 heteroatoms. The molecule has 110 valence electrons. The summed E-state index contributed by atoms with van der Waals surface area (Å²) in [6.07, 6.45) is 2.01. The van der Waals surface area contributed by atoms with Crippen molar-refractivity contribution in [3.8, 4) is 0 Å². The Morgan fingerprint density at radius 2 is 1.76 bits per heavy atom. The van der Waals surface area contributed by atoms with Crippen LogP contribution in [-0.4, -0.2) is 17.4 Å². The normalized spacial score (nSPS) is 10.2. The van der Waals surface area contributed by atoms with E-state index in [1.807, 2.05) is 54.8 Å². The molecule has 0 bridgehead atoms. The van der Waals surface area contributed by atoms with Crippen molar-refractivity contribution >= 4 is 23.5 Å². The van der Waals surface area contributed by atoms with Gasteiger partial charge in [0, 0.05) is 17.1 Å². The Bertz CT molecular complexity index is 599. The smallest absolute Gasteiger partial charge is 0.319 e. The maximum atomic E-state index is 11.8. The standard InChI is InChI=1S/C16H18N2O2S/c1-21-15-8-6-14(7-9-15)18-16(20)17-10-12-4-2-3-5-13(12)11-19/h2-9,19H,10-11H2,1H3,(H2,17,18,20). The topological polar surface area (TPSA) is 61.4 Å². The Labute approximate surface area is 128 Å². The van der Waals surface area contributed by atoms with Crippen molar-refractivity contribution in [3.05, 3.63) is 59.7 Å². The van der Waals surface area contributed by atoms with Gasteiger partial charge in [-0.3, -0.25) is 0 Å². The molecule has 0 fully saturated rings. The molecule has 0 aliphatic rings. The van der Waals surface area contributed by atoms with Crippen LogP contribution in [0.3, 0.4) is 0 Å². The molecule has 0 saturated carbocycles. The van der Waals surface area contributed by atoms with Gasteiger partial charge >= 0.3 is 6.03 Å². The maximum Gasteiger partial charge on any atom is 0.319 e. The number of aliphatic hydroxyl groups is 1. The van der Waals surface area contributed by atoms with E-state index in [0.717, 1.165) is 21.7 Å². The van der Waals surface area contributed by atoms with E-state index < -0.39 is 0 Å². The molecule has 0 aromatic heterocycles. The van der Waals surface area contributed by atoms with Crippen molar-refractivity contribution in [2.45, 2.75) is 18.0 Å². The van der Waals surface area contributed by atoms with Crippen LogP contribution >= 0.6 is 11.8 Å². The molecule has 0 saturated heterocycles. The third-order valence-electron chi connectivity index (χ3n) is 3.08. The predicted octanol–water partition coefficient (Wildman–Crippen LogP) is 3.22. The number of benzene rings is 2. The lowest BCUT2D eigenvalue weighted by Crippen LogP contribution is -2.28. The highest BCUT2D eigenvalue weighted by Crippen LogP contribution is 2.17. The van der Waals surface area contributed by atoms with E-state index >= 15 is 0 Å². The Hall–Kier alpha value is -1.98. The number of hydrogen-bond acceptors (Lipinski definition) is 3. The first-order chi connectivity index (χ1) is 10.2. The molecular formula is C16H18N2O2S. The fraction of sp³-hybridized carbons (Fsp3) is 0.188. The minimum absolute atomic E-state index is 0.0321. The SMILES string of the molecule is CSc1ccc(NC(=O)NCc2ccccc2CO)cc1. The highest BCUT2D eigenvalue weighted by Gasteiger charge is 2.04. The van der Waals surface area contributed by atoms with Gasteiger partial charge in [-0.05, 0) is 41.6 Å². The van der Waals surface area contributed by atoms with Crippen molar-refractivity contribution in [3.63, 3.8) is 0 Å². The molecular weight excluding hydrogens is 284 g/mol. The number of carbonyl (C=O) groups is 1. The lowest BCUT2D eigenvalue weighted by Gasteiger charge is -2.10. The highest BCUT2D eigenvalue weighted by atomic mass is 32.2. The Kier molecular flexibility index (Phi) is 5.66. The average Bonchev–Trinajstić information content (AvgIpc) is 2.54. The molecule has 0 aliphatic carbocycles. The molecule has 0 spiro atoms. The summed E-state index contributed by atoms with van der Waals surface area (Å²) in [5.74, 6) is 0. The number of carbonyl (C=O) groups excluding carboxylic acids is 1. The summed E-state index contributed by atoms with van der Waals surface area (Å²) in [4.78, 5) is 13.0. The summed E-state index contributed by atoms with van der Waals surface area (Å²) in [6.45, 7) is 0.348. The van der Waals surface area contributed by atoms with Crippen molar-refractivity contribution in [2.75, 3.05) is 11.6 Å². The summed E-state index contributed by atoms with van der Waals surface area (Å²) < 4.78 is 0. The van der Waals surface area contributed by atoms with Gasteiger partial charge in [-0.15, -0.1) is 11.8 Å². The lowest BCUT2D eigenvalue weighted by atomic mass is 10.1. The quantitative estimate of drug-likeness (QED) is 0.743. The maximum absolute atomic E-state index is 11.8. The van der Waals surface area contributed by atoms with Gasteiger partial charge in [0.15, 0.2) is 0 Å². The summed E-state index contributed by atoms with van der Waals surface area (Å²) in [5.41, 5.74) is 2.48. The molecule has 0 aliphatic heterocycles. The van der Waals surface area contributed by atoms with E-state index in [1.54, 1.807) is 11.8 Å². The molecule has 0 unspecified atom stereocenters. The van der Waals surface area contributed by atoms with Crippen LogP contribution in [0.15, 0.2) is 53.4 Å². The van der Waals surface area contributed by atoms with Gasteiger partial charge in [-0.25, -0.2) is 4.79 Å². The van der Waals surface area contributed by atoms with Crippen LogP contribution in [-0.2, 0) is 13.2 Å². The summed E-state index contributed by atoms with van der Waals surface area (Å²) in [7, 11) is 0. The zero-order chi connectivity index (χ0) is 15.1. The lowest BCUT2D eigenvalue weighted by molar-refractivity contribution is 0.251. The molecule has 2 aromatic carbocycles. The Balaban J connectivity index is 1.89. The molecule has 2 rings (SSSR count). The molecule has 21 heavy (non-hydrogen) atoms. The van der Waals surface area contributed by atoms with Crippen LogP contribution in [0.4, 0.5) is 10.5 Å². The number of hydrogen-bond donors (Lipinski definition) is 3. The molecule has 0 atom stereocenters. The number of thioether (sulfide) groups is 1. The van der Waals surface area contributed by atoms with Crippen LogP contribution in [0.2, 0.25) is 0 Å². The van der Waals surface area contributed by atoms with Crippen molar-refractivity contribution in [2.24, 2.45) is 0 Å². The van der Waals surface area contributed by atoms with E-state index in [4.69, 9.17) is 0 Å². The zero-order valence-electron chi connectivity index (χ0n) is 11.8. The third kappa shape index (κ3) is 4.51. The molecule has 0 heterocycles. The van der Waals surface area contributed by atoms with Crippen LogP contribution in [0, 0.1) is 0 Å². The molecule has 4 nitrogen and oxygen atoms in total. The van der Waals surface area contributed by atoms with Crippen LogP contribution < -0.4 is 10.6 Å². The minimum atomic E-state index is -0.264. The number of aliphatic hydroxyl groups excluding tert-OH is 1. The fourth-order valence-corrected chi connectivity index (χ4v) is 2.32. The Morgan fingerprint density at radius 1 is 1.10 bits per heavy atom. The summed E-state index contributed by atoms with van der Waals surface area (Å²) in [5, 5.41) is 14.8. The van der Waals surface area contributed by atoms with Gasteiger partial charge in [0.2, 0.25) is 0 Å². The second kappa shape index (κ2) is 7.71. The molecule has 2 amide bonds. The monoisotopic (exact) mass is 302 g/mol. The highest BCUT2D eigenvalue weighted by molar-refractivity contribution is 7.98. The van der Waals surface area contributed by atoms with Gasteiger partial charge in [-0.1, -0.05) is 24.3 Å². The van der Waals surface area contributed by atoms with Gasteiger partial charge < -0.3 is 15.7 Å². The Morgan fingerprint density at radius 3 is 2.38 bits per heavy atom. The average molecular weight is 302 g/mol. The van der Waals surface area contributed by atoms with E-state index in [1.165, 1.54) is 0 Å². The van der Waals surface area contributed by atoms with Crippen LogP contribution in [0.1, 0.15) is 11.1 Å². The first-order valence-electron chi connectivity index (χ1n) is 6.59. The molecule has 3 N–H and O–H groups in total. The first-order valence-corrected chi connectivity index (χ1v) is 7.82. The second-order valence-corrected chi connectivity index (χ2v) is 5.34. The molecule has 2 aromatic rings. The summed E-state index contributed by atoms with van der Waals surface area (Å²) >= 11 is 1.66. The zero-order valence-corrected chi connectivity index (χ0v) is 12.6. The molecule has 0 radical (unpaired) electrons. The van der Waals surface area contributed by atoms with Crippen LogP contribution in [0.25, 0.3) is 0 Å². The van der Waals surface area contributed by atoms with E-state index in [-0.39, 0.29) is 12.6 Å². The van der Waals surface area contributed by atoms with Gasteiger partial charge in [0.1, 0.15) is 0 Å². The van der Waals surface area contributed by atoms with Crippen molar-refractivity contribution in [1.29, 1.82) is 0 Å². The van der Waals surface area contributed by atoms with Gasteiger partial charge in [-0.2, -0.15) is 0 Å². The van der Waals surface area contributed by atoms with E-state index in [2.05, 4.69) is 10.6 Å². The van der Waals surface area contributed by atoms with Crippen LogP contribution in [0.5, 0.6) is 0 Å². The predicted molar refractivity (Wildman–Crippen MR) is 86.4 cm³/mol. The van der Waals surface area contributed by atoms with Crippen molar-refractivity contribution < 1.29 is 9.90 Å². The summed E-state index contributed by atoms with van der Waals surface area (Å²) in [6, 6.07) is 14.9. The van der Waals surface area contributed by atoms with E-state index in [9.17, 15) is 9.90 Å². The first kappa shape index (κ1) is 15.4. The number of urea groups is 1. The third-order valence-corrected chi connectivity index (χ3v) is 3.82. The minimum Gasteiger partial charge on any atom is -0.392 e. The number of anilines is 1. The van der Waals surface area contributed by atoms with Crippen molar-refractivity contribution in [1.82, 2.24) is 5.32 Å². The number of rotatable bonds is 5. The number of nitrogens with one attached hydrogen (secondary N) is 2. The second-order valence-electron chi connectivity index (χ2n) is 4.46.